The molecule has 2 N–H and O–H groups in total. The highest BCUT2D eigenvalue weighted by Crippen LogP contribution is 2.11. The highest BCUT2D eigenvalue weighted by Gasteiger charge is 2.16. The molecule has 2 amide bonds. The molecule has 9 nitrogen and oxygen atoms in total. The first-order chi connectivity index (χ1) is 14.0. The fraction of sp³-hybridized carbons (Fsp3) is 0.524. The van der Waals surface area contributed by atoms with Crippen LogP contribution in [0.4, 0.5) is 10.5 Å². The molecule has 0 aliphatic rings. The van der Waals surface area contributed by atoms with Crippen LogP contribution in [0.25, 0.3) is 0 Å². The van der Waals surface area contributed by atoms with Crippen molar-refractivity contribution in [1.82, 2.24) is 5.32 Å². The molecule has 1 aromatic carbocycles. The smallest absolute Gasteiger partial charge is 0.407 e. The summed E-state index contributed by atoms with van der Waals surface area (Å²) < 4.78 is 15.1. The Labute approximate surface area is 176 Å². The Morgan fingerprint density at radius 1 is 1.03 bits per heavy atom. The van der Waals surface area contributed by atoms with Crippen LogP contribution in [0.1, 0.15) is 57.8 Å². The summed E-state index contributed by atoms with van der Waals surface area (Å²) in [5.41, 5.74) is 0.237. The lowest BCUT2D eigenvalue weighted by molar-refractivity contribution is -0.147. The summed E-state index contributed by atoms with van der Waals surface area (Å²) >= 11 is 0. The number of nitrogens with one attached hydrogen (secondary N) is 2. The van der Waals surface area contributed by atoms with E-state index in [4.69, 9.17) is 14.2 Å². The number of hydrogen-bond donors (Lipinski definition) is 2. The third kappa shape index (κ3) is 11.0. The Morgan fingerprint density at radius 2 is 1.67 bits per heavy atom. The molecule has 1 aromatic rings. The van der Waals surface area contributed by atoms with Gasteiger partial charge in [-0.3, -0.25) is 9.59 Å². The molecule has 0 saturated heterocycles. The van der Waals surface area contributed by atoms with Crippen LogP contribution in [0.3, 0.4) is 0 Å². The number of ether oxygens (including phenoxy) is 3. The monoisotopic (exact) mass is 422 g/mol. The zero-order chi connectivity index (χ0) is 22.7. The fourth-order valence-electron chi connectivity index (χ4n) is 2.12. The van der Waals surface area contributed by atoms with Crippen molar-refractivity contribution in [2.45, 2.75) is 59.2 Å². The molecule has 0 aromatic heterocycles. The lowest BCUT2D eigenvalue weighted by Gasteiger charge is -2.19. The highest BCUT2D eigenvalue weighted by atomic mass is 16.6. The molecule has 0 radical (unpaired) electrons. The van der Waals surface area contributed by atoms with Gasteiger partial charge in [0.1, 0.15) is 5.60 Å². The Kier molecular flexibility index (Phi) is 9.80. The molecule has 0 heterocycles. The number of alkyl carbamates (subject to hydrolysis) is 1. The first-order valence-corrected chi connectivity index (χ1v) is 9.69. The predicted molar refractivity (Wildman–Crippen MR) is 110 cm³/mol. The Morgan fingerprint density at radius 3 is 2.23 bits per heavy atom. The number of esters is 2. The van der Waals surface area contributed by atoms with Crippen molar-refractivity contribution >= 4 is 29.6 Å². The fourth-order valence-corrected chi connectivity index (χ4v) is 2.12. The minimum absolute atomic E-state index is 0.0513. The number of rotatable bonds is 9. The molecule has 0 bridgehead atoms. The molecule has 1 rings (SSSR count). The van der Waals surface area contributed by atoms with Gasteiger partial charge < -0.3 is 24.8 Å². The van der Waals surface area contributed by atoms with Gasteiger partial charge in [-0.25, -0.2) is 9.59 Å². The Balaban J connectivity index is 2.27. The van der Waals surface area contributed by atoms with Crippen LogP contribution in [0.15, 0.2) is 24.3 Å². The second-order valence-corrected chi connectivity index (χ2v) is 7.77. The standard InChI is InChI=1S/C21H30N2O7/c1-14(2)29-19(26)15-8-10-16(11-9-15)23-17(24)13-28-18(25)7-6-12-22-20(27)30-21(3,4)5/h8-11,14H,6-7,12-13H2,1-5H3,(H,22,27)(H,23,24). The highest BCUT2D eigenvalue weighted by molar-refractivity contribution is 5.94. The van der Waals surface area contributed by atoms with Crippen molar-refractivity contribution in [2.24, 2.45) is 0 Å². The van der Waals surface area contributed by atoms with Crippen LogP contribution < -0.4 is 10.6 Å². The second-order valence-electron chi connectivity index (χ2n) is 7.77. The molecule has 166 valence electrons. The quantitative estimate of drug-likeness (QED) is 0.356. The lowest BCUT2D eigenvalue weighted by atomic mass is 10.2. The van der Waals surface area contributed by atoms with Gasteiger partial charge in [0.05, 0.1) is 11.7 Å². The molecule has 9 heteroatoms. The maximum Gasteiger partial charge on any atom is 0.407 e. The van der Waals surface area contributed by atoms with E-state index < -0.39 is 36.1 Å². The van der Waals surface area contributed by atoms with E-state index in [1.807, 2.05) is 0 Å². The van der Waals surface area contributed by atoms with Crippen LogP contribution >= 0.6 is 0 Å². The molecule has 0 spiro atoms. The van der Waals surface area contributed by atoms with Gasteiger partial charge in [-0.1, -0.05) is 0 Å². The van der Waals surface area contributed by atoms with Crippen molar-refractivity contribution in [3.8, 4) is 0 Å². The van der Waals surface area contributed by atoms with E-state index in [2.05, 4.69) is 10.6 Å². The largest absolute Gasteiger partial charge is 0.459 e. The predicted octanol–water partition coefficient (Wildman–Crippen LogP) is 3.04. The SMILES string of the molecule is CC(C)OC(=O)c1ccc(NC(=O)COC(=O)CCCNC(=O)OC(C)(C)C)cc1. The molecule has 0 atom stereocenters. The van der Waals surface area contributed by atoms with E-state index in [0.717, 1.165) is 0 Å². The van der Waals surface area contributed by atoms with E-state index in [1.165, 1.54) is 12.1 Å². The Bertz CT molecular complexity index is 737. The molecule has 30 heavy (non-hydrogen) atoms. The molecular weight excluding hydrogens is 392 g/mol. The molecule has 0 aliphatic heterocycles. The molecule has 0 fully saturated rings. The van der Waals surface area contributed by atoms with Gasteiger partial charge in [0.15, 0.2) is 6.61 Å². The van der Waals surface area contributed by atoms with E-state index in [9.17, 15) is 19.2 Å². The molecular formula is C21H30N2O7. The zero-order valence-electron chi connectivity index (χ0n) is 18.1. The first kappa shape index (κ1) is 24.9. The number of amides is 2. The van der Waals surface area contributed by atoms with Crippen molar-refractivity contribution in [1.29, 1.82) is 0 Å². The molecule has 0 saturated carbocycles. The third-order valence-electron chi connectivity index (χ3n) is 3.34. The normalized spacial score (nSPS) is 10.9. The second kappa shape index (κ2) is 11.8. The van der Waals surface area contributed by atoms with E-state index in [0.29, 0.717) is 17.7 Å². The van der Waals surface area contributed by atoms with Crippen LogP contribution in [0, 0.1) is 0 Å². The maximum absolute atomic E-state index is 11.9. The minimum Gasteiger partial charge on any atom is -0.459 e. The third-order valence-corrected chi connectivity index (χ3v) is 3.34. The average Bonchev–Trinajstić information content (AvgIpc) is 2.62. The molecule has 0 unspecified atom stereocenters. The van der Waals surface area contributed by atoms with Gasteiger partial charge >= 0.3 is 18.0 Å². The summed E-state index contributed by atoms with van der Waals surface area (Å²) in [5.74, 6) is -1.51. The van der Waals surface area contributed by atoms with Crippen LogP contribution in [0.5, 0.6) is 0 Å². The summed E-state index contributed by atoms with van der Waals surface area (Å²) in [6, 6.07) is 6.17. The lowest BCUT2D eigenvalue weighted by Crippen LogP contribution is -2.33. The molecule has 0 aliphatic carbocycles. The zero-order valence-corrected chi connectivity index (χ0v) is 18.1. The number of hydrogen-bond acceptors (Lipinski definition) is 7. The van der Waals surface area contributed by atoms with Crippen LogP contribution in [-0.2, 0) is 23.8 Å². The maximum atomic E-state index is 11.9. The first-order valence-electron chi connectivity index (χ1n) is 9.69. The minimum atomic E-state index is -0.589. The summed E-state index contributed by atoms with van der Waals surface area (Å²) in [4.78, 5) is 46.8. The summed E-state index contributed by atoms with van der Waals surface area (Å²) in [7, 11) is 0. The van der Waals surface area contributed by atoms with Gasteiger partial charge in [-0.05, 0) is 65.3 Å². The van der Waals surface area contributed by atoms with Crippen molar-refractivity contribution in [2.75, 3.05) is 18.5 Å². The summed E-state index contributed by atoms with van der Waals surface area (Å²) in [6.07, 6.45) is -0.373. The van der Waals surface area contributed by atoms with Crippen LogP contribution in [0.2, 0.25) is 0 Å². The van der Waals surface area contributed by atoms with Crippen molar-refractivity contribution in [3.63, 3.8) is 0 Å². The van der Waals surface area contributed by atoms with Gasteiger partial charge in [-0.15, -0.1) is 0 Å². The number of benzene rings is 1. The number of carbonyl (C=O) groups is 4. The van der Waals surface area contributed by atoms with E-state index in [1.54, 1.807) is 46.8 Å². The average molecular weight is 422 g/mol. The topological polar surface area (TPSA) is 120 Å². The van der Waals surface area contributed by atoms with E-state index >= 15 is 0 Å². The number of carbonyl (C=O) groups excluding carboxylic acids is 4. The summed E-state index contributed by atoms with van der Waals surface area (Å²) in [6.45, 7) is 8.59. The van der Waals surface area contributed by atoms with Crippen molar-refractivity contribution in [3.05, 3.63) is 29.8 Å². The van der Waals surface area contributed by atoms with Crippen molar-refractivity contribution < 1.29 is 33.4 Å². The number of anilines is 1. The Hall–Kier alpha value is -3.10. The van der Waals surface area contributed by atoms with Gasteiger partial charge in [0.25, 0.3) is 5.91 Å². The van der Waals surface area contributed by atoms with E-state index in [-0.39, 0.29) is 19.1 Å². The summed E-state index contributed by atoms with van der Waals surface area (Å²) in [5, 5.41) is 5.10. The van der Waals surface area contributed by atoms with Gasteiger partial charge in [0.2, 0.25) is 0 Å². The van der Waals surface area contributed by atoms with Gasteiger partial charge in [0, 0.05) is 18.7 Å². The van der Waals surface area contributed by atoms with Gasteiger partial charge in [-0.2, -0.15) is 0 Å². The van der Waals surface area contributed by atoms with Crippen LogP contribution in [-0.4, -0.2) is 48.8 Å².